The van der Waals surface area contributed by atoms with E-state index in [0.29, 0.717) is 5.92 Å². The summed E-state index contributed by atoms with van der Waals surface area (Å²) in [7, 11) is 0. The third kappa shape index (κ3) is 5.06. The summed E-state index contributed by atoms with van der Waals surface area (Å²) in [5, 5.41) is 5.45. The Hall–Kier alpha value is -2.04. The van der Waals surface area contributed by atoms with E-state index in [2.05, 4.69) is 22.8 Å². The molecule has 0 radical (unpaired) electrons. The smallest absolute Gasteiger partial charge is 0.317 e. The molecule has 0 spiro atoms. The van der Waals surface area contributed by atoms with E-state index in [0.717, 1.165) is 25.9 Å². The molecular weight excluding hydrogens is 278 g/mol. The SMILES string of the molecule is CC(C)NC(=O)CNC(=O)N1CC[C@H](Cc2ccccc2)C1. The van der Waals surface area contributed by atoms with E-state index in [-0.39, 0.29) is 24.5 Å². The van der Waals surface area contributed by atoms with Gasteiger partial charge >= 0.3 is 6.03 Å². The molecule has 0 aromatic heterocycles. The van der Waals surface area contributed by atoms with E-state index in [4.69, 9.17) is 0 Å². The highest BCUT2D eigenvalue weighted by Gasteiger charge is 2.26. The van der Waals surface area contributed by atoms with Crippen molar-refractivity contribution in [2.45, 2.75) is 32.7 Å². The van der Waals surface area contributed by atoms with E-state index in [1.165, 1.54) is 5.56 Å². The summed E-state index contributed by atoms with van der Waals surface area (Å²) in [6.07, 6.45) is 2.01. The minimum atomic E-state index is -0.150. The maximum Gasteiger partial charge on any atom is 0.317 e. The second kappa shape index (κ2) is 7.82. The van der Waals surface area contributed by atoms with Crippen molar-refractivity contribution in [2.75, 3.05) is 19.6 Å². The number of carbonyl (C=O) groups is 2. The summed E-state index contributed by atoms with van der Waals surface area (Å²) in [5.74, 6) is 0.348. The molecule has 0 aliphatic carbocycles. The number of nitrogens with one attached hydrogen (secondary N) is 2. The van der Waals surface area contributed by atoms with Crippen LogP contribution in [0.15, 0.2) is 30.3 Å². The van der Waals surface area contributed by atoms with Crippen LogP contribution in [-0.4, -0.2) is 42.5 Å². The summed E-state index contributed by atoms with van der Waals surface area (Å²) < 4.78 is 0. The van der Waals surface area contributed by atoms with Gasteiger partial charge in [-0.1, -0.05) is 30.3 Å². The third-order valence-corrected chi connectivity index (χ3v) is 3.79. The fourth-order valence-electron chi connectivity index (χ4n) is 2.77. The topological polar surface area (TPSA) is 61.4 Å². The van der Waals surface area contributed by atoms with Gasteiger partial charge in [-0.2, -0.15) is 0 Å². The molecule has 2 rings (SSSR count). The Kier molecular flexibility index (Phi) is 5.81. The molecule has 5 nitrogen and oxygen atoms in total. The fourth-order valence-corrected chi connectivity index (χ4v) is 2.77. The van der Waals surface area contributed by atoms with Crippen molar-refractivity contribution in [1.82, 2.24) is 15.5 Å². The van der Waals surface area contributed by atoms with Crippen molar-refractivity contribution < 1.29 is 9.59 Å². The van der Waals surface area contributed by atoms with E-state index in [1.807, 2.05) is 32.0 Å². The number of urea groups is 1. The average Bonchev–Trinajstić information content (AvgIpc) is 2.94. The van der Waals surface area contributed by atoms with Crippen molar-refractivity contribution in [2.24, 2.45) is 5.92 Å². The van der Waals surface area contributed by atoms with Crippen LogP contribution in [0.2, 0.25) is 0 Å². The van der Waals surface area contributed by atoms with E-state index < -0.39 is 0 Å². The molecule has 1 aliphatic rings. The lowest BCUT2D eigenvalue weighted by Crippen LogP contribution is -2.44. The number of benzene rings is 1. The lowest BCUT2D eigenvalue weighted by molar-refractivity contribution is -0.120. The highest BCUT2D eigenvalue weighted by atomic mass is 16.2. The molecule has 0 saturated carbocycles. The average molecular weight is 303 g/mol. The van der Waals surface area contributed by atoms with Crippen LogP contribution in [0, 0.1) is 5.92 Å². The Morgan fingerprint density at radius 2 is 2.00 bits per heavy atom. The minimum Gasteiger partial charge on any atom is -0.352 e. The fraction of sp³-hybridized carbons (Fsp3) is 0.529. The first-order valence-corrected chi connectivity index (χ1v) is 7.90. The van der Waals surface area contributed by atoms with Gasteiger partial charge < -0.3 is 15.5 Å². The van der Waals surface area contributed by atoms with Gasteiger partial charge in [-0.15, -0.1) is 0 Å². The number of amides is 3. The van der Waals surface area contributed by atoms with Crippen LogP contribution >= 0.6 is 0 Å². The highest BCUT2D eigenvalue weighted by Crippen LogP contribution is 2.20. The van der Waals surface area contributed by atoms with Crippen LogP contribution < -0.4 is 10.6 Å². The van der Waals surface area contributed by atoms with Gasteiger partial charge in [0, 0.05) is 19.1 Å². The highest BCUT2D eigenvalue weighted by molar-refractivity contribution is 5.84. The van der Waals surface area contributed by atoms with Gasteiger partial charge in [-0.25, -0.2) is 4.79 Å². The zero-order valence-corrected chi connectivity index (χ0v) is 13.3. The summed E-state index contributed by atoms with van der Waals surface area (Å²) in [6.45, 7) is 5.35. The van der Waals surface area contributed by atoms with Crippen molar-refractivity contribution in [3.05, 3.63) is 35.9 Å². The summed E-state index contributed by atoms with van der Waals surface area (Å²) in [6, 6.07) is 10.3. The molecule has 1 heterocycles. The molecule has 1 fully saturated rings. The molecule has 0 unspecified atom stereocenters. The second-order valence-corrected chi connectivity index (χ2v) is 6.17. The van der Waals surface area contributed by atoms with Crippen LogP contribution in [-0.2, 0) is 11.2 Å². The standard InChI is InChI=1S/C17H25N3O2/c1-13(2)19-16(21)11-18-17(22)20-9-8-15(12-20)10-14-6-4-3-5-7-14/h3-7,13,15H,8-12H2,1-2H3,(H,18,22)(H,19,21)/t15-/m1/s1. The predicted octanol–water partition coefficient (Wildman–Crippen LogP) is 1.79. The number of hydrogen-bond donors (Lipinski definition) is 2. The Bertz CT molecular complexity index is 502. The van der Waals surface area contributed by atoms with Crippen molar-refractivity contribution in [1.29, 1.82) is 0 Å². The number of likely N-dealkylation sites (tertiary alicyclic amines) is 1. The summed E-state index contributed by atoms with van der Waals surface area (Å²) in [4.78, 5) is 25.4. The lowest BCUT2D eigenvalue weighted by Gasteiger charge is -2.17. The molecule has 2 N–H and O–H groups in total. The lowest BCUT2D eigenvalue weighted by atomic mass is 9.99. The molecule has 5 heteroatoms. The molecule has 1 aliphatic heterocycles. The number of rotatable bonds is 5. The molecule has 1 saturated heterocycles. The van der Waals surface area contributed by atoms with Gasteiger partial charge in [-0.05, 0) is 38.2 Å². The molecule has 0 bridgehead atoms. The van der Waals surface area contributed by atoms with Crippen molar-refractivity contribution in [3.8, 4) is 0 Å². The number of hydrogen-bond acceptors (Lipinski definition) is 2. The Morgan fingerprint density at radius 1 is 1.27 bits per heavy atom. The quantitative estimate of drug-likeness (QED) is 0.871. The monoisotopic (exact) mass is 303 g/mol. The van der Waals surface area contributed by atoms with Crippen LogP contribution in [0.3, 0.4) is 0 Å². The second-order valence-electron chi connectivity index (χ2n) is 6.17. The van der Waals surface area contributed by atoms with E-state index in [1.54, 1.807) is 4.90 Å². The van der Waals surface area contributed by atoms with Gasteiger partial charge in [0.1, 0.15) is 0 Å². The predicted molar refractivity (Wildman–Crippen MR) is 86.5 cm³/mol. The van der Waals surface area contributed by atoms with Crippen LogP contribution in [0.1, 0.15) is 25.8 Å². The molecule has 22 heavy (non-hydrogen) atoms. The Labute approximate surface area is 132 Å². The van der Waals surface area contributed by atoms with Gasteiger partial charge in [0.2, 0.25) is 5.91 Å². The molecule has 3 amide bonds. The Morgan fingerprint density at radius 3 is 2.68 bits per heavy atom. The largest absolute Gasteiger partial charge is 0.352 e. The van der Waals surface area contributed by atoms with Crippen molar-refractivity contribution >= 4 is 11.9 Å². The zero-order valence-electron chi connectivity index (χ0n) is 13.3. The van der Waals surface area contributed by atoms with E-state index >= 15 is 0 Å². The van der Waals surface area contributed by atoms with Crippen molar-refractivity contribution in [3.63, 3.8) is 0 Å². The van der Waals surface area contributed by atoms with Crippen LogP contribution in [0.5, 0.6) is 0 Å². The minimum absolute atomic E-state index is 0.0386. The Balaban J connectivity index is 1.73. The zero-order chi connectivity index (χ0) is 15.9. The first-order chi connectivity index (χ1) is 10.5. The molecule has 1 atom stereocenters. The molecule has 120 valence electrons. The first kappa shape index (κ1) is 16.3. The van der Waals surface area contributed by atoms with E-state index in [9.17, 15) is 9.59 Å². The molecule has 1 aromatic rings. The number of nitrogens with zero attached hydrogens (tertiary/aromatic N) is 1. The van der Waals surface area contributed by atoms with Crippen LogP contribution in [0.4, 0.5) is 4.79 Å². The maximum atomic E-state index is 12.1. The summed E-state index contributed by atoms with van der Waals surface area (Å²) in [5.41, 5.74) is 1.31. The van der Waals surface area contributed by atoms with Gasteiger partial charge in [0.05, 0.1) is 6.54 Å². The van der Waals surface area contributed by atoms with Gasteiger partial charge in [0.25, 0.3) is 0 Å². The number of carbonyl (C=O) groups excluding carboxylic acids is 2. The third-order valence-electron chi connectivity index (χ3n) is 3.79. The molecular formula is C17H25N3O2. The van der Waals surface area contributed by atoms with Gasteiger partial charge in [0.15, 0.2) is 0 Å². The van der Waals surface area contributed by atoms with Crippen LogP contribution in [0.25, 0.3) is 0 Å². The maximum absolute atomic E-state index is 12.1. The molecule has 1 aromatic carbocycles. The first-order valence-electron chi connectivity index (χ1n) is 7.90. The van der Waals surface area contributed by atoms with Gasteiger partial charge in [-0.3, -0.25) is 4.79 Å². The summed E-state index contributed by atoms with van der Waals surface area (Å²) >= 11 is 0. The normalized spacial score (nSPS) is 17.6.